The number of carbonyl (C=O) groups is 1. The van der Waals surface area contributed by atoms with Crippen molar-refractivity contribution in [3.63, 3.8) is 0 Å². The average Bonchev–Trinajstić information content (AvgIpc) is 2.29. The molecule has 1 aromatic rings. The van der Waals surface area contributed by atoms with Crippen molar-refractivity contribution in [3.05, 3.63) is 23.2 Å². The van der Waals surface area contributed by atoms with Crippen LogP contribution in [0.4, 0.5) is 11.4 Å². The number of anilines is 2. The number of nitrogens with zero attached hydrogens (tertiary/aromatic N) is 1. The molecule has 1 N–H and O–H groups in total. The monoisotopic (exact) mass is 264 g/mol. The molecule has 0 spiro atoms. The largest absolute Gasteiger partial charge is 0.357 e. The van der Waals surface area contributed by atoms with Crippen molar-refractivity contribution in [1.82, 2.24) is 0 Å². The SMILES string of the molecule is CC1(C)CCCN2c3cc(Cl)ccc3NC(=O)C21. The Morgan fingerprint density at radius 1 is 1.44 bits per heavy atom. The molecule has 0 aliphatic carbocycles. The summed E-state index contributed by atoms with van der Waals surface area (Å²) in [6.07, 6.45) is 2.19. The highest BCUT2D eigenvalue weighted by Gasteiger charge is 2.45. The molecule has 1 unspecified atom stereocenters. The molecule has 3 nitrogen and oxygen atoms in total. The van der Waals surface area contributed by atoms with Crippen LogP contribution in [0.2, 0.25) is 5.02 Å². The molecular weight excluding hydrogens is 248 g/mol. The van der Waals surface area contributed by atoms with Gasteiger partial charge in [0.25, 0.3) is 0 Å². The zero-order valence-electron chi connectivity index (χ0n) is 10.7. The first-order valence-electron chi connectivity index (χ1n) is 6.36. The average molecular weight is 265 g/mol. The minimum atomic E-state index is -0.0859. The van der Waals surface area contributed by atoms with E-state index in [2.05, 4.69) is 24.1 Å². The van der Waals surface area contributed by atoms with E-state index >= 15 is 0 Å². The molecule has 0 saturated carbocycles. The summed E-state index contributed by atoms with van der Waals surface area (Å²) in [4.78, 5) is 14.5. The predicted octanol–water partition coefficient (Wildman–Crippen LogP) is 3.29. The molecular formula is C14H17ClN2O. The molecule has 2 heterocycles. The summed E-state index contributed by atoms with van der Waals surface area (Å²) >= 11 is 6.08. The van der Waals surface area contributed by atoms with E-state index in [0.29, 0.717) is 5.02 Å². The number of hydrogen-bond acceptors (Lipinski definition) is 2. The van der Waals surface area contributed by atoms with Crippen LogP contribution in [0.3, 0.4) is 0 Å². The molecule has 1 saturated heterocycles. The number of hydrogen-bond donors (Lipinski definition) is 1. The molecule has 1 atom stereocenters. The second kappa shape index (κ2) is 3.89. The first-order chi connectivity index (χ1) is 8.49. The Balaban J connectivity index is 2.11. The van der Waals surface area contributed by atoms with Gasteiger partial charge in [-0.15, -0.1) is 0 Å². The van der Waals surface area contributed by atoms with Crippen LogP contribution in [0.25, 0.3) is 0 Å². The highest BCUT2D eigenvalue weighted by Crippen LogP contribution is 2.44. The number of carbonyl (C=O) groups excluding carboxylic acids is 1. The van der Waals surface area contributed by atoms with Crippen LogP contribution >= 0.6 is 11.6 Å². The third-order valence-electron chi connectivity index (χ3n) is 4.05. The number of halogens is 1. The van der Waals surface area contributed by atoms with E-state index < -0.39 is 0 Å². The maximum Gasteiger partial charge on any atom is 0.247 e. The van der Waals surface area contributed by atoms with E-state index in [9.17, 15) is 4.79 Å². The van der Waals surface area contributed by atoms with Gasteiger partial charge in [0, 0.05) is 11.6 Å². The van der Waals surface area contributed by atoms with Gasteiger partial charge < -0.3 is 10.2 Å². The molecule has 3 rings (SSSR count). The maximum atomic E-state index is 12.3. The van der Waals surface area contributed by atoms with E-state index in [4.69, 9.17) is 11.6 Å². The number of piperidine rings is 1. The number of rotatable bonds is 0. The Labute approximate surface area is 112 Å². The summed E-state index contributed by atoms with van der Waals surface area (Å²) in [7, 11) is 0. The van der Waals surface area contributed by atoms with Crippen LogP contribution in [0.5, 0.6) is 0 Å². The van der Waals surface area contributed by atoms with Crippen molar-refractivity contribution in [3.8, 4) is 0 Å². The lowest BCUT2D eigenvalue weighted by atomic mass is 9.75. The Kier molecular flexibility index (Phi) is 2.56. The van der Waals surface area contributed by atoms with Crippen LogP contribution in [0.1, 0.15) is 26.7 Å². The molecule has 1 fully saturated rings. The van der Waals surface area contributed by atoms with E-state index in [1.54, 1.807) is 0 Å². The van der Waals surface area contributed by atoms with Crippen molar-refractivity contribution in [1.29, 1.82) is 0 Å². The fraction of sp³-hybridized carbons (Fsp3) is 0.500. The second-order valence-corrected chi connectivity index (χ2v) is 6.28. The van der Waals surface area contributed by atoms with Crippen LogP contribution in [0, 0.1) is 5.41 Å². The summed E-state index contributed by atoms with van der Waals surface area (Å²) in [6.45, 7) is 5.26. The van der Waals surface area contributed by atoms with E-state index in [0.717, 1.165) is 30.8 Å². The number of fused-ring (bicyclic) bond motifs is 3. The molecule has 0 radical (unpaired) electrons. The zero-order valence-corrected chi connectivity index (χ0v) is 11.4. The fourth-order valence-electron chi connectivity index (χ4n) is 3.20. The van der Waals surface area contributed by atoms with Gasteiger partial charge in [0.05, 0.1) is 11.4 Å². The van der Waals surface area contributed by atoms with Gasteiger partial charge in [0.2, 0.25) is 5.91 Å². The first-order valence-corrected chi connectivity index (χ1v) is 6.74. The van der Waals surface area contributed by atoms with Gasteiger partial charge in [-0.05, 0) is 36.5 Å². The molecule has 18 heavy (non-hydrogen) atoms. The topological polar surface area (TPSA) is 32.3 Å². The smallest absolute Gasteiger partial charge is 0.247 e. The zero-order chi connectivity index (χ0) is 12.9. The standard InChI is InChI=1S/C14H17ClN2O/c1-14(2)6-3-7-17-11-8-9(15)4-5-10(11)16-13(18)12(14)17/h4-5,8,12H,3,6-7H2,1-2H3,(H,16,18). The van der Waals surface area contributed by atoms with Gasteiger partial charge in [-0.1, -0.05) is 25.4 Å². The molecule has 4 heteroatoms. The van der Waals surface area contributed by atoms with Crippen molar-refractivity contribution in [2.75, 3.05) is 16.8 Å². The molecule has 2 aliphatic heterocycles. The molecule has 1 amide bonds. The van der Waals surface area contributed by atoms with Crippen molar-refractivity contribution in [2.45, 2.75) is 32.7 Å². The number of amides is 1. The fourth-order valence-corrected chi connectivity index (χ4v) is 3.36. The molecule has 96 valence electrons. The van der Waals surface area contributed by atoms with Gasteiger partial charge >= 0.3 is 0 Å². The van der Waals surface area contributed by atoms with Crippen LogP contribution in [0.15, 0.2) is 18.2 Å². The maximum absolute atomic E-state index is 12.3. The number of benzene rings is 1. The normalized spacial score (nSPS) is 25.2. The van der Waals surface area contributed by atoms with E-state index in [1.807, 2.05) is 18.2 Å². The Bertz CT molecular complexity index is 513. The minimum absolute atomic E-state index is 0.00232. The van der Waals surface area contributed by atoms with Crippen molar-refractivity contribution in [2.24, 2.45) is 5.41 Å². The second-order valence-electron chi connectivity index (χ2n) is 5.84. The number of nitrogens with one attached hydrogen (secondary N) is 1. The quantitative estimate of drug-likeness (QED) is 0.780. The lowest BCUT2D eigenvalue weighted by molar-refractivity contribution is -0.120. The Morgan fingerprint density at radius 2 is 2.22 bits per heavy atom. The van der Waals surface area contributed by atoms with Crippen LogP contribution in [-0.4, -0.2) is 18.5 Å². The van der Waals surface area contributed by atoms with Gasteiger partial charge in [-0.2, -0.15) is 0 Å². The molecule has 1 aromatic carbocycles. The van der Waals surface area contributed by atoms with E-state index in [1.165, 1.54) is 0 Å². The Morgan fingerprint density at radius 3 is 3.00 bits per heavy atom. The summed E-state index contributed by atoms with van der Waals surface area (Å²) in [5.74, 6) is 0.106. The summed E-state index contributed by atoms with van der Waals surface area (Å²) < 4.78 is 0. The highest BCUT2D eigenvalue weighted by molar-refractivity contribution is 6.31. The highest BCUT2D eigenvalue weighted by atomic mass is 35.5. The lowest BCUT2D eigenvalue weighted by Gasteiger charge is -2.49. The van der Waals surface area contributed by atoms with Crippen LogP contribution < -0.4 is 10.2 Å². The molecule has 0 aromatic heterocycles. The third kappa shape index (κ3) is 1.69. The van der Waals surface area contributed by atoms with Gasteiger partial charge in [-0.3, -0.25) is 4.79 Å². The first kappa shape index (κ1) is 11.8. The summed E-state index contributed by atoms with van der Waals surface area (Å²) in [5, 5.41) is 3.72. The molecule has 0 bridgehead atoms. The van der Waals surface area contributed by atoms with Crippen molar-refractivity contribution >= 4 is 28.9 Å². The van der Waals surface area contributed by atoms with Crippen LogP contribution in [-0.2, 0) is 4.79 Å². The minimum Gasteiger partial charge on any atom is -0.357 e. The molecule has 2 aliphatic rings. The lowest BCUT2D eigenvalue weighted by Crippen LogP contribution is -2.58. The Hall–Kier alpha value is -1.22. The third-order valence-corrected chi connectivity index (χ3v) is 4.28. The van der Waals surface area contributed by atoms with Gasteiger partial charge in [-0.25, -0.2) is 0 Å². The van der Waals surface area contributed by atoms with Gasteiger partial charge in [0.1, 0.15) is 6.04 Å². The van der Waals surface area contributed by atoms with Crippen molar-refractivity contribution < 1.29 is 4.79 Å². The predicted molar refractivity (Wildman–Crippen MR) is 74.2 cm³/mol. The summed E-state index contributed by atoms with van der Waals surface area (Å²) in [6, 6.07) is 5.56. The van der Waals surface area contributed by atoms with E-state index in [-0.39, 0.29) is 17.4 Å². The summed E-state index contributed by atoms with van der Waals surface area (Å²) in [5.41, 5.74) is 1.93. The van der Waals surface area contributed by atoms with Gasteiger partial charge in [0.15, 0.2) is 0 Å².